The summed E-state index contributed by atoms with van der Waals surface area (Å²) in [6.45, 7) is 7.66. The minimum Gasteiger partial charge on any atom is -0.460 e. The van der Waals surface area contributed by atoms with Gasteiger partial charge < -0.3 is 23.7 Å². The number of hydrogen-bond acceptors (Lipinski definition) is 7. The lowest BCUT2D eigenvalue weighted by atomic mass is 10.1. The summed E-state index contributed by atoms with van der Waals surface area (Å²) in [6.07, 6.45) is 0. The Morgan fingerprint density at radius 3 is 1.87 bits per heavy atom. The van der Waals surface area contributed by atoms with Gasteiger partial charge >= 0.3 is 11.9 Å². The number of hydrogen-bond donors (Lipinski definition) is 0. The quantitative estimate of drug-likeness (QED) is 0.266. The van der Waals surface area contributed by atoms with E-state index >= 15 is 0 Å². The molecule has 0 N–H and O–H groups in total. The van der Waals surface area contributed by atoms with Crippen molar-refractivity contribution in [3.63, 3.8) is 0 Å². The Labute approximate surface area is 176 Å². The molecule has 162 valence electrons. The second kappa shape index (κ2) is 13.5. The third kappa shape index (κ3) is 8.73. The largest absolute Gasteiger partial charge is 0.460 e. The Morgan fingerprint density at radius 1 is 0.733 bits per heavy atom. The molecule has 0 bridgehead atoms. The zero-order valence-corrected chi connectivity index (χ0v) is 17.3. The van der Waals surface area contributed by atoms with Crippen LogP contribution in [-0.2, 0) is 28.5 Å². The summed E-state index contributed by atoms with van der Waals surface area (Å²) in [5.74, 6) is -0.790. The van der Waals surface area contributed by atoms with E-state index in [2.05, 4.69) is 6.58 Å². The molecule has 0 aliphatic carbocycles. The van der Waals surface area contributed by atoms with Crippen molar-refractivity contribution in [3.8, 4) is 0 Å². The molecule has 0 spiro atoms. The van der Waals surface area contributed by atoms with Gasteiger partial charge in [-0.25, -0.2) is 9.59 Å². The second-order valence-electron chi connectivity index (χ2n) is 6.45. The van der Waals surface area contributed by atoms with Crippen LogP contribution in [0.5, 0.6) is 0 Å². The number of esters is 2. The Kier molecular flexibility index (Phi) is 10.6. The second-order valence-corrected chi connectivity index (χ2v) is 6.45. The highest BCUT2D eigenvalue weighted by Gasteiger charge is 2.07. The highest BCUT2D eigenvalue weighted by Crippen LogP contribution is 2.16. The number of rotatable bonds is 14. The van der Waals surface area contributed by atoms with Crippen LogP contribution in [-0.4, -0.2) is 64.8 Å². The van der Waals surface area contributed by atoms with Crippen molar-refractivity contribution >= 4 is 22.7 Å². The van der Waals surface area contributed by atoms with Crippen LogP contribution in [0, 0.1) is 0 Å². The zero-order chi connectivity index (χ0) is 21.6. The van der Waals surface area contributed by atoms with Crippen molar-refractivity contribution < 1.29 is 33.3 Å². The van der Waals surface area contributed by atoms with Crippen molar-refractivity contribution in [2.75, 3.05) is 52.9 Å². The highest BCUT2D eigenvalue weighted by atomic mass is 16.6. The smallest absolute Gasteiger partial charge is 0.338 e. The first kappa shape index (κ1) is 23.5. The first-order valence-corrected chi connectivity index (χ1v) is 9.79. The number of ether oxygens (including phenoxy) is 5. The van der Waals surface area contributed by atoms with Crippen molar-refractivity contribution in [2.24, 2.45) is 0 Å². The van der Waals surface area contributed by atoms with Gasteiger partial charge in [-0.3, -0.25) is 0 Å². The summed E-state index contributed by atoms with van der Waals surface area (Å²) in [5.41, 5.74) is 0.883. The van der Waals surface area contributed by atoms with Crippen molar-refractivity contribution in [3.05, 3.63) is 60.2 Å². The first-order valence-electron chi connectivity index (χ1n) is 9.79. The van der Waals surface area contributed by atoms with E-state index in [1.165, 1.54) is 0 Å². The van der Waals surface area contributed by atoms with Gasteiger partial charge in [-0.05, 0) is 29.8 Å². The SMILES string of the molecule is C=C(C)C(=O)OCCOCCOCCOCCOC(=O)c1ccc2ccccc2c1. The molecule has 0 atom stereocenters. The minimum absolute atomic E-state index is 0.178. The van der Waals surface area contributed by atoms with E-state index in [9.17, 15) is 9.59 Å². The van der Waals surface area contributed by atoms with E-state index in [0.717, 1.165) is 10.8 Å². The fourth-order valence-electron chi connectivity index (χ4n) is 2.45. The van der Waals surface area contributed by atoms with Gasteiger partial charge in [-0.2, -0.15) is 0 Å². The van der Waals surface area contributed by atoms with Gasteiger partial charge in [0, 0.05) is 5.57 Å². The topological polar surface area (TPSA) is 80.3 Å². The third-order valence-corrected chi connectivity index (χ3v) is 4.00. The maximum absolute atomic E-state index is 12.1. The Balaban J connectivity index is 1.43. The Morgan fingerprint density at radius 2 is 1.27 bits per heavy atom. The average Bonchev–Trinajstić information content (AvgIpc) is 2.76. The maximum atomic E-state index is 12.1. The van der Waals surface area contributed by atoms with E-state index in [0.29, 0.717) is 50.8 Å². The number of carbonyl (C=O) groups is 2. The van der Waals surface area contributed by atoms with Gasteiger partial charge in [0.1, 0.15) is 13.2 Å². The molecule has 0 aliphatic rings. The summed E-state index contributed by atoms with van der Waals surface area (Å²) in [5, 5.41) is 2.08. The van der Waals surface area contributed by atoms with Crippen LogP contribution < -0.4 is 0 Å². The molecule has 0 fully saturated rings. The van der Waals surface area contributed by atoms with Crippen LogP contribution in [0.25, 0.3) is 10.8 Å². The molecule has 0 radical (unpaired) electrons. The van der Waals surface area contributed by atoms with E-state index in [1.54, 1.807) is 13.0 Å². The molecule has 2 aromatic carbocycles. The summed E-state index contributed by atoms with van der Waals surface area (Å²) in [6, 6.07) is 13.3. The summed E-state index contributed by atoms with van der Waals surface area (Å²) in [4.78, 5) is 23.2. The standard InChI is InChI=1S/C23H28O7/c1-18(2)22(24)29-15-13-27-11-9-26-10-12-28-14-16-30-23(25)21-8-7-19-5-3-4-6-20(19)17-21/h3-8,17H,1,9-16H2,2H3. The van der Waals surface area contributed by atoms with Crippen LogP contribution in [0.2, 0.25) is 0 Å². The van der Waals surface area contributed by atoms with Crippen molar-refractivity contribution in [2.45, 2.75) is 6.92 Å². The van der Waals surface area contributed by atoms with Crippen LogP contribution in [0.4, 0.5) is 0 Å². The highest BCUT2D eigenvalue weighted by molar-refractivity contribution is 5.95. The van der Waals surface area contributed by atoms with Gasteiger partial charge in [0.05, 0.1) is 45.2 Å². The van der Waals surface area contributed by atoms with E-state index < -0.39 is 5.97 Å². The van der Waals surface area contributed by atoms with Crippen LogP contribution in [0.15, 0.2) is 54.6 Å². The first-order chi connectivity index (χ1) is 14.6. The fourth-order valence-corrected chi connectivity index (χ4v) is 2.45. The van der Waals surface area contributed by atoms with Crippen molar-refractivity contribution in [1.29, 1.82) is 0 Å². The molecule has 0 aliphatic heterocycles. The Bertz CT molecular complexity index is 831. The normalized spacial score (nSPS) is 10.7. The lowest BCUT2D eigenvalue weighted by Gasteiger charge is -2.08. The van der Waals surface area contributed by atoms with E-state index in [1.807, 2.05) is 36.4 Å². The lowest BCUT2D eigenvalue weighted by Crippen LogP contribution is -2.15. The lowest BCUT2D eigenvalue weighted by molar-refractivity contribution is -0.140. The van der Waals surface area contributed by atoms with Gasteiger partial charge in [-0.15, -0.1) is 0 Å². The van der Waals surface area contributed by atoms with Gasteiger partial charge in [0.25, 0.3) is 0 Å². The predicted octanol–water partition coefficient (Wildman–Crippen LogP) is 3.17. The van der Waals surface area contributed by atoms with Gasteiger partial charge in [0.2, 0.25) is 0 Å². The van der Waals surface area contributed by atoms with Crippen molar-refractivity contribution in [1.82, 2.24) is 0 Å². The molecular weight excluding hydrogens is 388 g/mol. The molecule has 0 aromatic heterocycles. The Hall–Kier alpha value is -2.74. The number of carbonyl (C=O) groups excluding carboxylic acids is 2. The molecule has 0 amide bonds. The van der Waals surface area contributed by atoms with Gasteiger partial charge in [-0.1, -0.05) is 36.9 Å². The molecule has 7 heteroatoms. The molecule has 0 saturated heterocycles. The van der Waals surface area contributed by atoms with Crippen LogP contribution >= 0.6 is 0 Å². The molecule has 2 rings (SSSR count). The van der Waals surface area contributed by atoms with Crippen LogP contribution in [0.1, 0.15) is 17.3 Å². The van der Waals surface area contributed by atoms with E-state index in [4.69, 9.17) is 23.7 Å². The number of benzene rings is 2. The maximum Gasteiger partial charge on any atom is 0.338 e. The minimum atomic E-state index is -0.421. The van der Waals surface area contributed by atoms with Gasteiger partial charge in [0.15, 0.2) is 0 Å². The fraction of sp³-hybridized carbons (Fsp3) is 0.391. The summed E-state index contributed by atoms with van der Waals surface area (Å²) in [7, 11) is 0. The monoisotopic (exact) mass is 416 g/mol. The van der Waals surface area contributed by atoms with E-state index in [-0.39, 0.29) is 19.2 Å². The summed E-state index contributed by atoms with van der Waals surface area (Å²) < 4.78 is 26.1. The predicted molar refractivity (Wildman–Crippen MR) is 112 cm³/mol. The molecule has 2 aromatic rings. The molecular formula is C23H28O7. The molecule has 0 heterocycles. The third-order valence-electron chi connectivity index (χ3n) is 4.00. The average molecular weight is 416 g/mol. The molecule has 0 unspecified atom stereocenters. The van der Waals surface area contributed by atoms with Crippen LogP contribution in [0.3, 0.4) is 0 Å². The molecule has 7 nitrogen and oxygen atoms in total. The summed E-state index contributed by atoms with van der Waals surface area (Å²) >= 11 is 0. The zero-order valence-electron chi connectivity index (χ0n) is 17.3. The molecule has 0 saturated carbocycles. The number of fused-ring (bicyclic) bond motifs is 1. The molecule has 30 heavy (non-hydrogen) atoms.